The van der Waals surface area contributed by atoms with Gasteiger partial charge in [0.25, 0.3) is 0 Å². The van der Waals surface area contributed by atoms with Gasteiger partial charge >= 0.3 is 0 Å². The summed E-state index contributed by atoms with van der Waals surface area (Å²) in [6, 6.07) is 50.8. The van der Waals surface area contributed by atoms with Gasteiger partial charge < -0.3 is 8.83 Å². The average Bonchev–Trinajstić information content (AvgIpc) is 3.71. The highest BCUT2D eigenvalue weighted by Crippen LogP contribution is 2.33. The van der Waals surface area contributed by atoms with Crippen molar-refractivity contribution in [1.82, 2.24) is 0 Å². The topological polar surface area (TPSA) is 74.8 Å². The van der Waals surface area contributed by atoms with Crippen molar-refractivity contribution < 1.29 is 8.83 Å². The molecule has 7 aromatic carbocycles. The summed E-state index contributed by atoms with van der Waals surface area (Å²) >= 11 is 0. The van der Waals surface area contributed by atoms with Crippen LogP contribution < -0.4 is 0 Å². The molecular weight excluding hydrogens is 590 g/mol. The Balaban J connectivity index is 1.15. The van der Waals surface area contributed by atoms with E-state index < -0.39 is 0 Å². The summed E-state index contributed by atoms with van der Waals surface area (Å²) in [5.41, 5.74) is 7.88. The minimum Gasteiger partial charge on any atom is -0.456 e. The number of aliphatic imine (C=N–C) groups is 2. The van der Waals surface area contributed by atoms with Crippen molar-refractivity contribution in [2.24, 2.45) is 9.98 Å². The van der Waals surface area contributed by atoms with Gasteiger partial charge in [0.1, 0.15) is 22.3 Å². The van der Waals surface area contributed by atoms with E-state index in [9.17, 15) is 5.41 Å². The molecule has 2 heterocycles. The lowest BCUT2D eigenvalue weighted by molar-refractivity contribution is 0.668. The number of furan rings is 2. The van der Waals surface area contributed by atoms with Crippen molar-refractivity contribution in [2.45, 2.75) is 0 Å². The maximum atomic E-state index is 9.23. The second kappa shape index (κ2) is 11.3. The molecule has 226 valence electrons. The van der Waals surface area contributed by atoms with E-state index in [1.54, 1.807) is 0 Å². The van der Waals surface area contributed by atoms with Gasteiger partial charge in [-0.05, 0) is 76.0 Å². The van der Waals surface area contributed by atoms with Gasteiger partial charge in [0.15, 0.2) is 11.7 Å². The summed E-state index contributed by atoms with van der Waals surface area (Å²) in [5, 5.41) is 15.3. The summed E-state index contributed by atoms with van der Waals surface area (Å²) in [7, 11) is 0. The molecule has 0 aliphatic rings. The molecular formula is C43H27N3O2. The number of nitrogens with one attached hydrogen (secondary N) is 1. The molecule has 0 fully saturated rings. The Morgan fingerprint density at radius 2 is 1.21 bits per heavy atom. The van der Waals surface area contributed by atoms with Gasteiger partial charge in [-0.1, -0.05) is 103 Å². The largest absolute Gasteiger partial charge is 0.456 e. The first-order valence-electron chi connectivity index (χ1n) is 15.8. The van der Waals surface area contributed by atoms with Crippen LogP contribution in [0.1, 0.15) is 16.7 Å². The molecule has 0 bridgehead atoms. The van der Waals surface area contributed by atoms with Crippen LogP contribution in [0, 0.1) is 5.41 Å². The van der Waals surface area contributed by atoms with Crippen molar-refractivity contribution in [2.75, 3.05) is 0 Å². The molecule has 0 aliphatic carbocycles. The maximum absolute atomic E-state index is 9.23. The van der Waals surface area contributed by atoms with Crippen LogP contribution in [0.25, 0.3) is 65.8 Å². The third-order valence-electron chi connectivity index (χ3n) is 8.82. The summed E-state index contributed by atoms with van der Waals surface area (Å²) in [4.78, 5) is 9.81. The van der Waals surface area contributed by atoms with Crippen LogP contribution in [0.15, 0.2) is 170 Å². The number of rotatable bonds is 4. The Morgan fingerprint density at radius 1 is 0.521 bits per heavy atom. The third-order valence-corrected chi connectivity index (χ3v) is 8.82. The lowest BCUT2D eigenvalue weighted by Gasteiger charge is -2.07. The number of benzene rings is 7. The Labute approximate surface area is 275 Å². The van der Waals surface area contributed by atoms with E-state index in [-0.39, 0.29) is 5.84 Å². The van der Waals surface area contributed by atoms with Crippen LogP contribution in [0.2, 0.25) is 0 Å². The normalized spacial score (nSPS) is 12.3. The van der Waals surface area contributed by atoms with E-state index >= 15 is 0 Å². The van der Waals surface area contributed by atoms with E-state index in [2.05, 4.69) is 66.7 Å². The molecule has 0 spiro atoms. The van der Waals surface area contributed by atoms with Crippen molar-refractivity contribution in [3.8, 4) is 11.1 Å². The van der Waals surface area contributed by atoms with Crippen LogP contribution in [0.3, 0.4) is 0 Å². The number of hydrogen-bond donors (Lipinski definition) is 1. The molecule has 0 amide bonds. The Bertz CT molecular complexity index is 2750. The number of para-hydroxylation sites is 2. The lowest BCUT2D eigenvalue weighted by Crippen LogP contribution is -2.05. The Hall–Kier alpha value is -6.59. The van der Waals surface area contributed by atoms with E-state index in [1.165, 1.54) is 11.1 Å². The van der Waals surface area contributed by atoms with Gasteiger partial charge in [-0.15, -0.1) is 0 Å². The summed E-state index contributed by atoms with van der Waals surface area (Å²) in [6.07, 6.45) is 1.82. The zero-order chi connectivity index (χ0) is 32.0. The van der Waals surface area contributed by atoms with Gasteiger partial charge in [-0.3, -0.25) is 5.41 Å². The van der Waals surface area contributed by atoms with E-state index in [4.69, 9.17) is 18.8 Å². The molecule has 48 heavy (non-hydrogen) atoms. The number of amidine groups is 2. The monoisotopic (exact) mass is 617 g/mol. The molecule has 1 N–H and O–H groups in total. The second-order valence-electron chi connectivity index (χ2n) is 11.8. The van der Waals surface area contributed by atoms with Crippen molar-refractivity contribution in [3.63, 3.8) is 0 Å². The molecule has 0 unspecified atom stereocenters. The highest BCUT2D eigenvalue weighted by Gasteiger charge is 2.16. The molecule has 9 rings (SSSR count). The first kappa shape index (κ1) is 27.7. The quantitative estimate of drug-likeness (QED) is 0.158. The van der Waals surface area contributed by atoms with Crippen molar-refractivity contribution in [1.29, 1.82) is 5.41 Å². The van der Waals surface area contributed by atoms with Crippen LogP contribution in [0.5, 0.6) is 0 Å². The van der Waals surface area contributed by atoms with E-state index in [0.29, 0.717) is 11.4 Å². The first-order chi connectivity index (χ1) is 23.7. The molecule has 0 saturated carbocycles. The molecule has 0 aliphatic heterocycles. The zero-order valence-corrected chi connectivity index (χ0v) is 25.7. The summed E-state index contributed by atoms with van der Waals surface area (Å²) < 4.78 is 12.2. The molecule has 5 heteroatoms. The fraction of sp³-hybridized carbons (Fsp3) is 0. The number of nitrogens with zero attached hydrogens (tertiary/aromatic N) is 2. The molecule has 5 nitrogen and oxygen atoms in total. The minimum absolute atomic E-state index is 0.100. The summed E-state index contributed by atoms with van der Waals surface area (Å²) in [5.74, 6) is 0.528. The van der Waals surface area contributed by atoms with Gasteiger partial charge in [0.2, 0.25) is 0 Å². The fourth-order valence-corrected chi connectivity index (χ4v) is 6.46. The molecule has 0 radical (unpaired) electrons. The standard InChI is InChI=1S/C43H27N3O2/c44-42(35-13-8-16-40-41(35)34-12-5-7-15-38(34)48-40)46-43(32-21-22-39-36(25-32)33-11-4-6-14-37(33)47-39)45-26-27-17-18-31-24-30(20-19-29(31)23-27)28-9-2-1-3-10-28/h1-26,44H. The third kappa shape index (κ3) is 4.86. The SMILES string of the molecule is N=C(N=C(N=Cc1ccc2cc(-c3ccccc3)ccc2c1)c1ccc2oc3ccccc3c2c1)c1cccc2oc3ccccc3c12. The van der Waals surface area contributed by atoms with E-state index in [1.807, 2.05) is 91.1 Å². The van der Waals surface area contributed by atoms with Crippen LogP contribution >= 0.6 is 0 Å². The minimum atomic E-state index is 0.100. The van der Waals surface area contributed by atoms with Crippen LogP contribution in [-0.4, -0.2) is 17.9 Å². The first-order valence-corrected chi connectivity index (χ1v) is 15.8. The molecule has 9 aromatic rings. The summed E-state index contributed by atoms with van der Waals surface area (Å²) in [6.45, 7) is 0. The van der Waals surface area contributed by atoms with Crippen LogP contribution in [-0.2, 0) is 0 Å². The van der Waals surface area contributed by atoms with Crippen molar-refractivity contribution >= 4 is 72.5 Å². The van der Waals surface area contributed by atoms with Crippen LogP contribution in [0.4, 0.5) is 0 Å². The highest BCUT2D eigenvalue weighted by atomic mass is 16.3. The lowest BCUT2D eigenvalue weighted by atomic mass is 10.0. The second-order valence-corrected chi connectivity index (χ2v) is 11.8. The molecule has 0 saturated heterocycles. The zero-order valence-electron chi connectivity index (χ0n) is 25.7. The van der Waals surface area contributed by atoms with Gasteiger partial charge in [0.05, 0.1) is 0 Å². The fourth-order valence-electron chi connectivity index (χ4n) is 6.46. The number of fused-ring (bicyclic) bond motifs is 7. The van der Waals surface area contributed by atoms with Gasteiger partial charge in [-0.25, -0.2) is 9.98 Å². The van der Waals surface area contributed by atoms with Crippen molar-refractivity contribution in [3.05, 3.63) is 168 Å². The van der Waals surface area contributed by atoms with Gasteiger partial charge in [-0.2, -0.15) is 0 Å². The number of hydrogen-bond acceptors (Lipinski definition) is 3. The Kier molecular flexibility index (Phi) is 6.54. The Morgan fingerprint density at radius 3 is 2.08 bits per heavy atom. The van der Waals surface area contributed by atoms with E-state index in [0.717, 1.165) is 65.8 Å². The average molecular weight is 618 g/mol. The smallest absolute Gasteiger partial charge is 0.161 e. The highest BCUT2D eigenvalue weighted by molar-refractivity contribution is 6.21. The predicted molar refractivity (Wildman–Crippen MR) is 198 cm³/mol. The molecule has 2 aromatic heterocycles. The molecule has 0 atom stereocenters. The van der Waals surface area contributed by atoms with Gasteiger partial charge in [0, 0.05) is 38.9 Å². The predicted octanol–water partition coefficient (Wildman–Crippen LogP) is 11.2. The maximum Gasteiger partial charge on any atom is 0.161 e.